The molecule has 1 amide bonds. The fourth-order valence-electron chi connectivity index (χ4n) is 3.07. The Kier molecular flexibility index (Phi) is 5.08. The Bertz CT molecular complexity index is 884. The quantitative estimate of drug-likeness (QED) is 0.798. The Morgan fingerprint density at radius 1 is 1.15 bits per heavy atom. The molecular formula is C21H24N2O4. The van der Waals surface area contributed by atoms with Crippen molar-refractivity contribution >= 4 is 17.7 Å². The molecule has 27 heavy (non-hydrogen) atoms. The van der Waals surface area contributed by atoms with Crippen LogP contribution in [-0.4, -0.2) is 24.8 Å². The molecule has 0 saturated heterocycles. The van der Waals surface area contributed by atoms with Gasteiger partial charge in [-0.2, -0.15) is 0 Å². The van der Waals surface area contributed by atoms with E-state index in [0.717, 1.165) is 27.9 Å². The van der Waals surface area contributed by atoms with Crippen molar-refractivity contribution in [2.75, 3.05) is 12.4 Å². The van der Waals surface area contributed by atoms with Crippen molar-refractivity contribution in [3.05, 3.63) is 53.1 Å². The zero-order chi connectivity index (χ0) is 19.6. The summed E-state index contributed by atoms with van der Waals surface area (Å²) in [6, 6.07) is 11.4. The minimum atomic E-state index is -0.540. The average molecular weight is 368 g/mol. The van der Waals surface area contributed by atoms with Gasteiger partial charge in [0.15, 0.2) is 0 Å². The Morgan fingerprint density at radius 2 is 1.93 bits per heavy atom. The van der Waals surface area contributed by atoms with Gasteiger partial charge in [0.1, 0.15) is 5.60 Å². The highest BCUT2D eigenvalue weighted by atomic mass is 16.6. The number of fused-ring (bicyclic) bond motifs is 3. The van der Waals surface area contributed by atoms with Gasteiger partial charge in [-0.15, -0.1) is 0 Å². The van der Waals surface area contributed by atoms with Crippen molar-refractivity contribution in [2.45, 2.75) is 39.5 Å². The summed E-state index contributed by atoms with van der Waals surface area (Å²) in [5, 5.41) is 6.21. The second kappa shape index (κ2) is 7.31. The molecule has 142 valence electrons. The van der Waals surface area contributed by atoms with E-state index in [-0.39, 0.29) is 5.97 Å². The molecule has 0 radical (unpaired) electrons. The lowest BCUT2D eigenvalue weighted by atomic mass is 9.91. The smallest absolute Gasteiger partial charge is 0.407 e. The first-order valence-corrected chi connectivity index (χ1v) is 8.83. The Morgan fingerprint density at radius 3 is 2.63 bits per heavy atom. The van der Waals surface area contributed by atoms with E-state index < -0.39 is 11.7 Å². The van der Waals surface area contributed by atoms with Crippen LogP contribution in [-0.2, 0) is 22.6 Å². The summed E-state index contributed by atoms with van der Waals surface area (Å²) in [6.45, 7) is 6.47. The maximum atomic E-state index is 11.9. The lowest BCUT2D eigenvalue weighted by molar-refractivity contribution is 0.0522. The fraction of sp³-hybridized carbons (Fsp3) is 0.333. The van der Waals surface area contributed by atoms with Crippen LogP contribution < -0.4 is 10.6 Å². The molecule has 0 bridgehead atoms. The maximum Gasteiger partial charge on any atom is 0.407 e. The van der Waals surface area contributed by atoms with Gasteiger partial charge in [-0.25, -0.2) is 9.59 Å². The second-order valence-electron chi connectivity index (χ2n) is 7.41. The van der Waals surface area contributed by atoms with Crippen molar-refractivity contribution < 1.29 is 19.1 Å². The molecule has 6 heteroatoms. The summed E-state index contributed by atoms with van der Waals surface area (Å²) in [5.41, 5.74) is 4.96. The Hall–Kier alpha value is -3.02. The van der Waals surface area contributed by atoms with Gasteiger partial charge in [0, 0.05) is 24.3 Å². The van der Waals surface area contributed by atoms with Crippen LogP contribution >= 0.6 is 0 Å². The van der Waals surface area contributed by atoms with E-state index in [2.05, 4.69) is 10.6 Å². The van der Waals surface area contributed by atoms with Crippen LogP contribution in [0.3, 0.4) is 0 Å². The van der Waals surface area contributed by atoms with Gasteiger partial charge in [0.05, 0.1) is 12.7 Å². The minimum Gasteiger partial charge on any atom is -0.465 e. The molecule has 2 aromatic carbocycles. The lowest BCUT2D eigenvalue weighted by Gasteiger charge is -2.25. The molecule has 0 unspecified atom stereocenters. The molecule has 6 nitrogen and oxygen atoms in total. The number of carbonyl (C=O) groups is 2. The van der Waals surface area contributed by atoms with Crippen LogP contribution in [0.25, 0.3) is 11.1 Å². The van der Waals surface area contributed by atoms with Crippen molar-refractivity contribution in [1.29, 1.82) is 0 Å². The minimum absolute atomic E-state index is 0.344. The van der Waals surface area contributed by atoms with E-state index in [1.54, 1.807) is 6.07 Å². The molecule has 0 fully saturated rings. The second-order valence-corrected chi connectivity index (χ2v) is 7.41. The lowest BCUT2D eigenvalue weighted by Crippen LogP contribution is -2.32. The highest BCUT2D eigenvalue weighted by Gasteiger charge is 2.21. The molecule has 0 aliphatic carbocycles. The van der Waals surface area contributed by atoms with E-state index in [0.29, 0.717) is 18.7 Å². The van der Waals surface area contributed by atoms with Crippen LogP contribution in [0.4, 0.5) is 10.5 Å². The number of rotatable bonds is 3. The van der Waals surface area contributed by atoms with E-state index in [9.17, 15) is 9.59 Å². The van der Waals surface area contributed by atoms with Crippen molar-refractivity contribution in [2.24, 2.45) is 0 Å². The monoisotopic (exact) mass is 368 g/mol. The average Bonchev–Trinajstić information content (AvgIpc) is 2.63. The van der Waals surface area contributed by atoms with E-state index in [1.807, 2.05) is 51.1 Å². The Labute approximate surface area is 158 Å². The molecule has 0 saturated carbocycles. The number of para-hydroxylation sites is 1. The number of nitrogens with one attached hydrogen (secondary N) is 2. The summed E-state index contributed by atoms with van der Waals surface area (Å²) in [7, 11) is 1.37. The molecular weight excluding hydrogens is 344 g/mol. The Balaban J connectivity index is 1.87. The molecule has 1 aliphatic rings. The number of esters is 1. The predicted octanol–water partition coefficient (Wildman–Crippen LogP) is 4.09. The van der Waals surface area contributed by atoms with Gasteiger partial charge in [0.25, 0.3) is 0 Å². The van der Waals surface area contributed by atoms with Gasteiger partial charge in [-0.1, -0.05) is 24.3 Å². The summed E-state index contributed by atoms with van der Waals surface area (Å²) in [4.78, 5) is 23.8. The zero-order valence-corrected chi connectivity index (χ0v) is 16.0. The first kappa shape index (κ1) is 18.8. The van der Waals surface area contributed by atoms with Gasteiger partial charge in [-0.3, -0.25) is 0 Å². The number of ether oxygens (including phenoxy) is 2. The van der Waals surface area contributed by atoms with Gasteiger partial charge < -0.3 is 20.1 Å². The van der Waals surface area contributed by atoms with Gasteiger partial charge in [-0.05, 0) is 49.6 Å². The molecule has 0 spiro atoms. The molecule has 2 aromatic rings. The number of hydrogen-bond donors (Lipinski definition) is 2. The van der Waals surface area contributed by atoms with Crippen LogP contribution in [0.15, 0.2) is 36.4 Å². The third-order valence-corrected chi connectivity index (χ3v) is 4.25. The standard InChI is InChI=1S/C21H24N2O4/c1-21(2,3)27-20(25)23-12-15-6-5-7-16-17-10-13(19(24)26-4)8-9-14(17)11-22-18(15)16/h5-10,22H,11-12H2,1-4H3,(H,23,25). The largest absolute Gasteiger partial charge is 0.465 e. The van der Waals surface area contributed by atoms with Crippen molar-refractivity contribution in [1.82, 2.24) is 5.32 Å². The maximum absolute atomic E-state index is 11.9. The number of carbonyl (C=O) groups excluding carboxylic acids is 2. The molecule has 0 atom stereocenters. The molecule has 0 aromatic heterocycles. The van der Waals surface area contributed by atoms with Gasteiger partial charge >= 0.3 is 12.1 Å². The van der Waals surface area contributed by atoms with Crippen LogP contribution in [0.2, 0.25) is 0 Å². The summed E-state index contributed by atoms with van der Waals surface area (Å²) in [5.74, 6) is -0.361. The van der Waals surface area contributed by atoms with E-state index >= 15 is 0 Å². The number of benzene rings is 2. The van der Waals surface area contributed by atoms with E-state index in [4.69, 9.17) is 9.47 Å². The number of amides is 1. The number of anilines is 1. The summed E-state index contributed by atoms with van der Waals surface area (Å²) in [6.07, 6.45) is -0.454. The first-order chi connectivity index (χ1) is 12.8. The molecule has 1 heterocycles. The molecule has 1 aliphatic heterocycles. The topological polar surface area (TPSA) is 76.7 Å². The third-order valence-electron chi connectivity index (χ3n) is 4.25. The van der Waals surface area contributed by atoms with Crippen molar-refractivity contribution in [3.8, 4) is 11.1 Å². The first-order valence-electron chi connectivity index (χ1n) is 8.83. The summed E-state index contributed by atoms with van der Waals surface area (Å²) < 4.78 is 10.1. The number of alkyl carbamates (subject to hydrolysis) is 1. The highest BCUT2D eigenvalue weighted by Crippen LogP contribution is 2.38. The third kappa shape index (κ3) is 4.22. The van der Waals surface area contributed by atoms with E-state index in [1.165, 1.54) is 7.11 Å². The SMILES string of the molecule is COC(=O)c1ccc2c(c1)-c1cccc(CNC(=O)OC(C)(C)C)c1NC2. The molecule has 2 N–H and O–H groups in total. The van der Waals surface area contributed by atoms with Crippen molar-refractivity contribution in [3.63, 3.8) is 0 Å². The summed E-state index contributed by atoms with van der Waals surface area (Å²) >= 11 is 0. The van der Waals surface area contributed by atoms with Crippen LogP contribution in [0, 0.1) is 0 Å². The number of hydrogen-bond acceptors (Lipinski definition) is 5. The normalized spacial score (nSPS) is 12.3. The fourth-order valence-corrected chi connectivity index (χ4v) is 3.07. The predicted molar refractivity (Wildman–Crippen MR) is 104 cm³/mol. The van der Waals surface area contributed by atoms with Crippen LogP contribution in [0.5, 0.6) is 0 Å². The number of methoxy groups -OCH3 is 1. The highest BCUT2D eigenvalue weighted by molar-refractivity contribution is 5.93. The zero-order valence-electron chi connectivity index (χ0n) is 16.0. The van der Waals surface area contributed by atoms with Crippen LogP contribution in [0.1, 0.15) is 42.3 Å². The van der Waals surface area contributed by atoms with Gasteiger partial charge in [0.2, 0.25) is 0 Å². The molecule has 3 rings (SSSR count).